The van der Waals surface area contributed by atoms with Gasteiger partial charge in [0.05, 0.1) is 5.92 Å². The first-order valence-electron chi connectivity index (χ1n) is 7.37. The van der Waals surface area contributed by atoms with Crippen LogP contribution in [0.4, 0.5) is 0 Å². The van der Waals surface area contributed by atoms with Crippen LogP contribution in [0.1, 0.15) is 39.2 Å². The number of hydrogen-bond donors (Lipinski definition) is 1. The van der Waals surface area contributed by atoms with E-state index in [4.69, 9.17) is 0 Å². The molecule has 4 nitrogen and oxygen atoms in total. The Morgan fingerprint density at radius 3 is 2.95 bits per heavy atom. The van der Waals surface area contributed by atoms with Crippen molar-refractivity contribution in [1.82, 2.24) is 15.2 Å². The van der Waals surface area contributed by atoms with Gasteiger partial charge in [-0.3, -0.25) is 14.7 Å². The smallest absolute Gasteiger partial charge is 0.224 e. The lowest BCUT2D eigenvalue weighted by atomic mass is 9.95. The van der Waals surface area contributed by atoms with Crippen LogP contribution in [0.3, 0.4) is 0 Å². The fraction of sp³-hybridized carbons (Fsp3) is 0.625. The van der Waals surface area contributed by atoms with Gasteiger partial charge in [0.1, 0.15) is 0 Å². The predicted molar refractivity (Wildman–Crippen MR) is 80.1 cm³/mol. The van der Waals surface area contributed by atoms with Crippen molar-refractivity contribution < 1.29 is 4.79 Å². The van der Waals surface area contributed by atoms with Gasteiger partial charge < -0.3 is 5.32 Å². The predicted octanol–water partition coefficient (Wildman–Crippen LogP) is 2.21. The summed E-state index contributed by atoms with van der Waals surface area (Å²) in [5, 5.41) is 3.10. The average molecular weight is 275 g/mol. The van der Waals surface area contributed by atoms with Crippen LogP contribution < -0.4 is 5.32 Å². The molecule has 0 aromatic carbocycles. The zero-order chi connectivity index (χ0) is 14.6. The van der Waals surface area contributed by atoms with Gasteiger partial charge in [-0.1, -0.05) is 6.07 Å². The highest BCUT2D eigenvalue weighted by Gasteiger charge is 2.27. The second-order valence-electron chi connectivity index (χ2n) is 6.67. The minimum Gasteiger partial charge on any atom is -0.351 e. The van der Waals surface area contributed by atoms with Crippen LogP contribution in [0.25, 0.3) is 0 Å². The van der Waals surface area contributed by atoms with E-state index in [1.54, 1.807) is 6.20 Å². The Labute approximate surface area is 121 Å². The lowest BCUT2D eigenvalue weighted by Gasteiger charge is -2.33. The summed E-state index contributed by atoms with van der Waals surface area (Å²) in [6.45, 7) is 8.88. The number of carbonyl (C=O) groups is 1. The first kappa shape index (κ1) is 15.0. The monoisotopic (exact) mass is 275 g/mol. The quantitative estimate of drug-likeness (QED) is 0.920. The second-order valence-corrected chi connectivity index (χ2v) is 6.67. The summed E-state index contributed by atoms with van der Waals surface area (Å²) in [6, 6.07) is 4.05. The van der Waals surface area contributed by atoms with E-state index in [0.29, 0.717) is 0 Å². The Bertz CT molecular complexity index is 439. The van der Waals surface area contributed by atoms with Crippen molar-refractivity contribution in [2.45, 2.75) is 45.7 Å². The lowest BCUT2D eigenvalue weighted by Crippen LogP contribution is -2.48. The molecule has 1 unspecified atom stereocenters. The standard InChI is InChI=1S/C16H25N3O/c1-16(2,3)18-15(20)14-7-5-9-19(12-14)11-13-6-4-8-17-10-13/h4,6,8,10,14H,5,7,9,11-12H2,1-3H3,(H,18,20). The van der Waals surface area contributed by atoms with E-state index < -0.39 is 0 Å². The summed E-state index contributed by atoms with van der Waals surface area (Å²) < 4.78 is 0. The molecule has 1 aromatic heterocycles. The molecule has 4 heteroatoms. The maximum Gasteiger partial charge on any atom is 0.224 e. The molecule has 1 saturated heterocycles. The number of hydrogen-bond acceptors (Lipinski definition) is 3. The molecule has 110 valence electrons. The molecule has 1 aliphatic rings. The maximum absolute atomic E-state index is 12.3. The van der Waals surface area contributed by atoms with Crippen LogP contribution in [0.15, 0.2) is 24.5 Å². The number of pyridine rings is 1. The summed E-state index contributed by atoms with van der Waals surface area (Å²) >= 11 is 0. The van der Waals surface area contributed by atoms with Crippen molar-refractivity contribution in [1.29, 1.82) is 0 Å². The summed E-state index contributed by atoms with van der Waals surface area (Å²) in [5.74, 6) is 0.299. The molecule has 1 N–H and O–H groups in total. The van der Waals surface area contributed by atoms with Crippen LogP contribution >= 0.6 is 0 Å². The van der Waals surface area contributed by atoms with Gasteiger partial charge in [0, 0.05) is 31.0 Å². The molecule has 2 heterocycles. The molecule has 1 aromatic rings. The van der Waals surface area contributed by atoms with Gasteiger partial charge in [0.25, 0.3) is 0 Å². The van der Waals surface area contributed by atoms with E-state index in [2.05, 4.69) is 21.3 Å². The molecule has 1 atom stereocenters. The molecular formula is C16H25N3O. The Kier molecular flexibility index (Phi) is 4.76. The molecule has 0 bridgehead atoms. The van der Waals surface area contributed by atoms with Crippen LogP contribution in [0.5, 0.6) is 0 Å². The molecule has 1 aliphatic heterocycles. The van der Waals surface area contributed by atoms with Crippen LogP contribution in [-0.4, -0.2) is 34.4 Å². The zero-order valence-corrected chi connectivity index (χ0v) is 12.7. The van der Waals surface area contributed by atoms with Crippen molar-refractivity contribution in [2.24, 2.45) is 5.92 Å². The average Bonchev–Trinajstić information content (AvgIpc) is 2.38. The second kappa shape index (κ2) is 6.35. The third-order valence-corrected chi connectivity index (χ3v) is 3.50. The van der Waals surface area contributed by atoms with Gasteiger partial charge in [-0.15, -0.1) is 0 Å². The van der Waals surface area contributed by atoms with Gasteiger partial charge in [-0.2, -0.15) is 0 Å². The van der Waals surface area contributed by atoms with Crippen molar-refractivity contribution in [3.8, 4) is 0 Å². The molecule has 1 amide bonds. The molecule has 0 saturated carbocycles. The van der Waals surface area contributed by atoms with Crippen molar-refractivity contribution >= 4 is 5.91 Å². The Balaban J connectivity index is 1.90. The van der Waals surface area contributed by atoms with E-state index in [9.17, 15) is 4.79 Å². The highest BCUT2D eigenvalue weighted by Crippen LogP contribution is 2.19. The molecular weight excluding hydrogens is 250 g/mol. The SMILES string of the molecule is CC(C)(C)NC(=O)C1CCCN(Cc2cccnc2)C1. The normalized spacial score (nSPS) is 20.6. The van der Waals surface area contributed by atoms with Crippen LogP contribution in [0, 0.1) is 5.92 Å². The van der Waals surface area contributed by atoms with Gasteiger partial charge in [0.15, 0.2) is 0 Å². The molecule has 1 fully saturated rings. The third kappa shape index (κ3) is 4.60. The largest absolute Gasteiger partial charge is 0.351 e. The number of amides is 1. The number of aromatic nitrogens is 1. The number of likely N-dealkylation sites (tertiary alicyclic amines) is 1. The molecule has 0 radical (unpaired) electrons. The summed E-state index contributed by atoms with van der Waals surface area (Å²) in [5.41, 5.74) is 1.06. The fourth-order valence-corrected chi connectivity index (χ4v) is 2.63. The highest BCUT2D eigenvalue weighted by atomic mass is 16.2. The minimum atomic E-state index is -0.150. The number of piperidine rings is 1. The molecule has 0 aliphatic carbocycles. The van der Waals surface area contributed by atoms with Crippen LogP contribution in [-0.2, 0) is 11.3 Å². The number of rotatable bonds is 3. The molecule has 0 spiro atoms. The van der Waals surface area contributed by atoms with Crippen molar-refractivity contribution in [3.63, 3.8) is 0 Å². The van der Waals surface area contributed by atoms with Gasteiger partial charge in [-0.05, 0) is 51.8 Å². The first-order chi connectivity index (χ1) is 9.44. The van der Waals surface area contributed by atoms with Crippen molar-refractivity contribution in [3.05, 3.63) is 30.1 Å². The summed E-state index contributed by atoms with van der Waals surface area (Å²) in [7, 11) is 0. The van der Waals surface area contributed by atoms with Gasteiger partial charge >= 0.3 is 0 Å². The van der Waals surface area contributed by atoms with E-state index >= 15 is 0 Å². The number of nitrogens with zero attached hydrogens (tertiary/aromatic N) is 2. The zero-order valence-electron chi connectivity index (χ0n) is 12.7. The van der Waals surface area contributed by atoms with E-state index in [1.807, 2.05) is 33.0 Å². The maximum atomic E-state index is 12.3. The van der Waals surface area contributed by atoms with Crippen LogP contribution in [0.2, 0.25) is 0 Å². The fourth-order valence-electron chi connectivity index (χ4n) is 2.63. The topological polar surface area (TPSA) is 45.2 Å². The molecule has 2 rings (SSSR count). The van der Waals surface area contributed by atoms with E-state index in [1.165, 1.54) is 5.56 Å². The van der Waals surface area contributed by atoms with E-state index in [-0.39, 0.29) is 17.4 Å². The van der Waals surface area contributed by atoms with Gasteiger partial charge in [-0.25, -0.2) is 0 Å². The first-order valence-corrected chi connectivity index (χ1v) is 7.37. The summed E-state index contributed by atoms with van der Waals surface area (Å²) in [6.07, 6.45) is 5.77. The molecule has 20 heavy (non-hydrogen) atoms. The lowest BCUT2D eigenvalue weighted by molar-refractivity contribution is -0.128. The Hall–Kier alpha value is -1.42. The summed E-state index contributed by atoms with van der Waals surface area (Å²) in [4.78, 5) is 18.8. The minimum absolute atomic E-state index is 0.111. The van der Waals surface area contributed by atoms with Crippen molar-refractivity contribution in [2.75, 3.05) is 13.1 Å². The Morgan fingerprint density at radius 2 is 2.30 bits per heavy atom. The van der Waals surface area contributed by atoms with Gasteiger partial charge in [0.2, 0.25) is 5.91 Å². The number of nitrogens with one attached hydrogen (secondary N) is 1. The third-order valence-electron chi connectivity index (χ3n) is 3.50. The highest BCUT2D eigenvalue weighted by molar-refractivity contribution is 5.79. The van der Waals surface area contributed by atoms with E-state index in [0.717, 1.165) is 32.5 Å². The number of carbonyl (C=O) groups excluding carboxylic acids is 1. The Morgan fingerprint density at radius 1 is 1.50 bits per heavy atom.